The first-order valence-electron chi connectivity index (χ1n) is 8.42. The van der Waals surface area contributed by atoms with Gasteiger partial charge < -0.3 is 10.1 Å². The van der Waals surface area contributed by atoms with Crippen LogP contribution in [-0.2, 0) is 0 Å². The molecule has 0 aliphatic rings. The van der Waals surface area contributed by atoms with Crippen molar-refractivity contribution >= 4 is 17.3 Å². The van der Waals surface area contributed by atoms with Gasteiger partial charge in [0.15, 0.2) is 0 Å². The number of H-pyrrole nitrogens is 1. The van der Waals surface area contributed by atoms with Gasteiger partial charge in [0.25, 0.3) is 5.69 Å². The lowest BCUT2D eigenvalue weighted by Gasteiger charge is -2.03. The van der Waals surface area contributed by atoms with Crippen molar-refractivity contribution < 1.29 is 10.0 Å². The summed E-state index contributed by atoms with van der Waals surface area (Å²) in [4.78, 5) is 18.5. The van der Waals surface area contributed by atoms with Crippen LogP contribution >= 0.6 is 11.6 Å². The number of rotatable bonds is 4. The molecule has 0 atom stereocenters. The molecular formula is C21H14ClN3O3. The molecule has 4 aromatic rings. The average molecular weight is 392 g/mol. The smallest absolute Gasteiger partial charge is 0.270 e. The van der Waals surface area contributed by atoms with Crippen molar-refractivity contribution in [3.05, 3.63) is 87.9 Å². The van der Waals surface area contributed by atoms with Gasteiger partial charge in [-0.2, -0.15) is 0 Å². The summed E-state index contributed by atoms with van der Waals surface area (Å²) < 4.78 is 0. The minimum atomic E-state index is -0.510. The zero-order valence-electron chi connectivity index (χ0n) is 14.5. The zero-order valence-corrected chi connectivity index (χ0v) is 15.2. The molecule has 0 saturated carbocycles. The van der Waals surface area contributed by atoms with Crippen molar-refractivity contribution in [3.63, 3.8) is 0 Å². The molecule has 3 aromatic carbocycles. The SMILES string of the molecule is O=[N+]([O-])c1ccc(O)c(-c2nc(-c3ccccc3)c(-c3ccc(Cl)cc3)[nH]2)c1. The molecule has 0 aliphatic heterocycles. The molecule has 1 heterocycles. The second kappa shape index (κ2) is 7.17. The summed E-state index contributed by atoms with van der Waals surface area (Å²) in [6.07, 6.45) is 0. The largest absolute Gasteiger partial charge is 0.507 e. The van der Waals surface area contributed by atoms with E-state index in [4.69, 9.17) is 11.6 Å². The fourth-order valence-corrected chi connectivity index (χ4v) is 3.08. The summed E-state index contributed by atoms with van der Waals surface area (Å²) in [5, 5.41) is 22.0. The molecule has 2 N–H and O–H groups in total. The molecule has 0 amide bonds. The lowest BCUT2D eigenvalue weighted by molar-refractivity contribution is -0.384. The second-order valence-electron chi connectivity index (χ2n) is 6.14. The van der Waals surface area contributed by atoms with Crippen molar-refractivity contribution in [3.8, 4) is 39.7 Å². The maximum atomic E-state index is 11.1. The van der Waals surface area contributed by atoms with E-state index in [2.05, 4.69) is 9.97 Å². The van der Waals surface area contributed by atoms with E-state index in [0.717, 1.165) is 16.8 Å². The Bertz CT molecular complexity index is 1160. The van der Waals surface area contributed by atoms with Gasteiger partial charge in [-0.15, -0.1) is 0 Å². The van der Waals surface area contributed by atoms with Gasteiger partial charge in [0.05, 0.1) is 21.9 Å². The third-order valence-electron chi connectivity index (χ3n) is 4.33. The van der Waals surface area contributed by atoms with Crippen LogP contribution in [0.1, 0.15) is 0 Å². The maximum absolute atomic E-state index is 11.1. The Balaban J connectivity index is 1.92. The van der Waals surface area contributed by atoms with Gasteiger partial charge in [-0.3, -0.25) is 10.1 Å². The number of imidazole rings is 1. The second-order valence-corrected chi connectivity index (χ2v) is 6.58. The molecule has 0 aliphatic carbocycles. The van der Waals surface area contributed by atoms with Gasteiger partial charge >= 0.3 is 0 Å². The number of nitrogens with one attached hydrogen (secondary N) is 1. The summed E-state index contributed by atoms with van der Waals surface area (Å²) in [6, 6.07) is 20.7. The quantitative estimate of drug-likeness (QED) is 0.346. The minimum Gasteiger partial charge on any atom is -0.507 e. The van der Waals surface area contributed by atoms with Crippen LogP contribution in [0.4, 0.5) is 5.69 Å². The van der Waals surface area contributed by atoms with Crippen LogP contribution in [0.2, 0.25) is 5.02 Å². The van der Waals surface area contributed by atoms with Crippen LogP contribution < -0.4 is 0 Å². The number of halogens is 1. The Hall–Kier alpha value is -3.64. The Morgan fingerprint density at radius 1 is 0.964 bits per heavy atom. The van der Waals surface area contributed by atoms with Crippen molar-refractivity contribution in [1.29, 1.82) is 0 Å². The number of nitro benzene ring substituents is 1. The molecule has 0 spiro atoms. The van der Waals surface area contributed by atoms with E-state index in [-0.39, 0.29) is 17.0 Å². The molecule has 0 bridgehead atoms. The predicted molar refractivity (Wildman–Crippen MR) is 108 cm³/mol. The highest BCUT2D eigenvalue weighted by Gasteiger charge is 2.19. The van der Waals surface area contributed by atoms with Crippen molar-refractivity contribution in [1.82, 2.24) is 9.97 Å². The fraction of sp³-hybridized carbons (Fsp3) is 0. The molecule has 7 heteroatoms. The average Bonchev–Trinajstić information content (AvgIpc) is 3.14. The zero-order chi connectivity index (χ0) is 19.7. The first-order chi connectivity index (χ1) is 13.5. The number of hydrogen-bond acceptors (Lipinski definition) is 4. The van der Waals surface area contributed by atoms with Crippen molar-refractivity contribution in [2.24, 2.45) is 0 Å². The van der Waals surface area contributed by atoms with Crippen molar-refractivity contribution in [2.75, 3.05) is 0 Å². The number of hydrogen-bond donors (Lipinski definition) is 2. The number of phenolic OH excluding ortho intramolecular Hbond substituents is 1. The third kappa shape index (κ3) is 3.33. The van der Waals surface area contributed by atoms with Gasteiger partial charge in [-0.1, -0.05) is 54.1 Å². The summed E-state index contributed by atoms with van der Waals surface area (Å²) >= 11 is 6.00. The number of non-ortho nitro benzene ring substituents is 1. The van der Waals surface area contributed by atoms with Crippen LogP contribution in [0.15, 0.2) is 72.8 Å². The molecule has 6 nitrogen and oxygen atoms in total. The monoisotopic (exact) mass is 391 g/mol. The minimum absolute atomic E-state index is 0.0957. The lowest BCUT2D eigenvalue weighted by atomic mass is 10.1. The number of aromatic nitrogens is 2. The first kappa shape index (κ1) is 17.8. The van der Waals surface area contributed by atoms with Gasteiger partial charge in [-0.05, 0) is 18.2 Å². The molecule has 0 unspecified atom stereocenters. The highest BCUT2D eigenvalue weighted by atomic mass is 35.5. The standard InChI is InChI=1S/C21H14ClN3O3/c22-15-8-6-14(7-9-15)20-19(13-4-2-1-3-5-13)23-21(24-20)17-12-16(25(27)28)10-11-18(17)26/h1-12,26H,(H,23,24). The molecule has 1 aromatic heterocycles. The maximum Gasteiger partial charge on any atom is 0.270 e. The Kier molecular flexibility index (Phi) is 4.55. The summed E-state index contributed by atoms with van der Waals surface area (Å²) in [7, 11) is 0. The number of aromatic hydroxyl groups is 1. The summed E-state index contributed by atoms with van der Waals surface area (Å²) in [5.41, 5.74) is 3.25. The normalized spacial score (nSPS) is 10.8. The van der Waals surface area contributed by atoms with E-state index < -0.39 is 4.92 Å². The van der Waals surface area contributed by atoms with Crippen LogP contribution in [0, 0.1) is 10.1 Å². The summed E-state index contributed by atoms with van der Waals surface area (Å²) in [5.74, 6) is 0.242. The number of phenols is 1. The van der Waals surface area contributed by atoms with Crippen LogP contribution in [-0.4, -0.2) is 20.0 Å². The number of benzene rings is 3. The molecule has 0 radical (unpaired) electrons. The first-order valence-corrected chi connectivity index (χ1v) is 8.80. The van der Waals surface area contributed by atoms with Gasteiger partial charge in [0.2, 0.25) is 0 Å². The Morgan fingerprint density at radius 3 is 2.36 bits per heavy atom. The Morgan fingerprint density at radius 2 is 1.68 bits per heavy atom. The number of nitrogens with zero attached hydrogens (tertiary/aromatic N) is 2. The Labute approximate surface area is 165 Å². The molecule has 0 saturated heterocycles. The van der Waals surface area contributed by atoms with E-state index in [1.807, 2.05) is 42.5 Å². The molecule has 28 heavy (non-hydrogen) atoms. The highest BCUT2D eigenvalue weighted by Crippen LogP contribution is 2.37. The van der Waals surface area contributed by atoms with Crippen LogP contribution in [0.3, 0.4) is 0 Å². The number of aromatic amines is 1. The van der Waals surface area contributed by atoms with Gasteiger partial charge in [0.1, 0.15) is 11.6 Å². The van der Waals surface area contributed by atoms with Crippen molar-refractivity contribution in [2.45, 2.75) is 0 Å². The third-order valence-corrected chi connectivity index (χ3v) is 4.58. The van der Waals surface area contributed by atoms with E-state index in [1.165, 1.54) is 18.2 Å². The molecule has 138 valence electrons. The molecular weight excluding hydrogens is 378 g/mol. The predicted octanol–water partition coefficient (Wildman–Crippen LogP) is 5.68. The lowest BCUT2D eigenvalue weighted by Crippen LogP contribution is -1.90. The van der Waals surface area contributed by atoms with E-state index in [1.54, 1.807) is 12.1 Å². The van der Waals surface area contributed by atoms with E-state index in [0.29, 0.717) is 16.5 Å². The van der Waals surface area contributed by atoms with Crippen LogP contribution in [0.25, 0.3) is 33.9 Å². The number of nitro groups is 1. The highest BCUT2D eigenvalue weighted by molar-refractivity contribution is 6.30. The van der Waals surface area contributed by atoms with Crippen LogP contribution in [0.5, 0.6) is 5.75 Å². The molecule has 0 fully saturated rings. The van der Waals surface area contributed by atoms with E-state index >= 15 is 0 Å². The molecule has 4 rings (SSSR count). The summed E-state index contributed by atoms with van der Waals surface area (Å²) in [6.45, 7) is 0. The van der Waals surface area contributed by atoms with E-state index in [9.17, 15) is 15.2 Å². The van der Waals surface area contributed by atoms with Gasteiger partial charge in [-0.25, -0.2) is 4.98 Å². The fourth-order valence-electron chi connectivity index (χ4n) is 2.96. The topological polar surface area (TPSA) is 92.1 Å². The van der Waals surface area contributed by atoms with Gasteiger partial charge in [0, 0.05) is 28.3 Å².